The molecule has 0 spiro atoms. The number of nitrogens with zero attached hydrogens (tertiary/aromatic N) is 3. The van der Waals surface area contributed by atoms with E-state index in [4.69, 9.17) is 4.74 Å². The summed E-state index contributed by atoms with van der Waals surface area (Å²) in [5, 5.41) is 16.4. The SMILES string of the molecule is CC(C)Cn1ncnc1CC(CO)CNC(=O)OC(C)(C)C. The van der Waals surface area contributed by atoms with Crippen molar-refractivity contribution in [3.05, 3.63) is 12.2 Å². The van der Waals surface area contributed by atoms with Gasteiger partial charge in [0.15, 0.2) is 0 Å². The number of hydrogen-bond acceptors (Lipinski definition) is 5. The van der Waals surface area contributed by atoms with Crippen molar-refractivity contribution >= 4 is 6.09 Å². The summed E-state index contributed by atoms with van der Waals surface area (Å²) in [6.45, 7) is 10.7. The van der Waals surface area contributed by atoms with E-state index >= 15 is 0 Å². The van der Waals surface area contributed by atoms with Gasteiger partial charge in [0.25, 0.3) is 0 Å². The molecule has 0 bridgehead atoms. The van der Waals surface area contributed by atoms with Crippen LogP contribution in [0.5, 0.6) is 0 Å². The van der Waals surface area contributed by atoms with Gasteiger partial charge in [0.1, 0.15) is 17.8 Å². The van der Waals surface area contributed by atoms with Crippen LogP contribution in [0.2, 0.25) is 0 Å². The lowest BCUT2D eigenvalue weighted by Crippen LogP contribution is -2.36. The van der Waals surface area contributed by atoms with Gasteiger partial charge >= 0.3 is 6.09 Å². The number of aliphatic hydroxyl groups is 1. The van der Waals surface area contributed by atoms with Crippen LogP contribution < -0.4 is 5.32 Å². The van der Waals surface area contributed by atoms with E-state index in [9.17, 15) is 9.90 Å². The highest BCUT2D eigenvalue weighted by Gasteiger charge is 2.19. The van der Waals surface area contributed by atoms with E-state index in [0.717, 1.165) is 12.4 Å². The maximum Gasteiger partial charge on any atom is 0.407 e. The van der Waals surface area contributed by atoms with Gasteiger partial charge < -0.3 is 15.2 Å². The molecule has 1 atom stereocenters. The van der Waals surface area contributed by atoms with Gasteiger partial charge in [0.05, 0.1) is 0 Å². The Hall–Kier alpha value is -1.63. The van der Waals surface area contributed by atoms with E-state index in [2.05, 4.69) is 29.2 Å². The van der Waals surface area contributed by atoms with Crippen molar-refractivity contribution in [3.63, 3.8) is 0 Å². The van der Waals surface area contributed by atoms with Crippen LogP contribution >= 0.6 is 0 Å². The van der Waals surface area contributed by atoms with Crippen molar-refractivity contribution in [2.75, 3.05) is 13.2 Å². The average Bonchev–Trinajstić information content (AvgIpc) is 2.78. The molecule has 0 saturated heterocycles. The smallest absolute Gasteiger partial charge is 0.407 e. The van der Waals surface area contributed by atoms with Crippen LogP contribution in [0, 0.1) is 11.8 Å². The molecule has 0 aromatic carbocycles. The minimum absolute atomic E-state index is 0.0374. The molecule has 1 rings (SSSR count). The molecule has 0 aliphatic carbocycles. The number of ether oxygens (including phenoxy) is 1. The van der Waals surface area contributed by atoms with E-state index in [-0.39, 0.29) is 12.5 Å². The van der Waals surface area contributed by atoms with E-state index in [1.165, 1.54) is 6.33 Å². The zero-order valence-corrected chi connectivity index (χ0v) is 14.2. The first-order valence-corrected chi connectivity index (χ1v) is 7.65. The van der Waals surface area contributed by atoms with Gasteiger partial charge in [0, 0.05) is 32.0 Å². The molecule has 1 heterocycles. The summed E-state index contributed by atoms with van der Waals surface area (Å²) >= 11 is 0. The third-order valence-electron chi connectivity index (χ3n) is 2.90. The highest BCUT2D eigenvalue weighted by molar-refractivity contribution is 5.67. The third-order valence-corrected chi connectivity index (χ3v) is 2.90. The van der Waals surface area contributed by atoms with E-state index in [0.29, 0.717) is 18.9 Å². The van der Waals surface area contributed by atoms with Crippen LogP contribution in [0.15, 0.2) is 6.33 Å². The standard InChI is InChI=1S/C15H28N4O3/c1-11(2)8-19-13(17-10-18-19)6-12(9-20)7-16-14(21)22-15(3,4)5/h10-12,20H,6-9H2,1-5H3,(H,16,21). The van der Waals surface area contributed by atoms with Crippen molar-refractivity contribution in [1.82, 2.24) is 20.1 Å². The number of alkyl carbamates (subject to hydrolysis) is 1. The summed E-state index contributed by atoms with van der Waals surface area (Å²) in [5.41, 5.74) is -0.532. The number of aromatic nitrogens is 3. The molecule has 1 amide bonds. The van der Waals surface area contributed by atoms with Gasteiger partial charge in [-0.15, -0.1) is 0 Å². The number of aliphatic hydroxyl groups excluding tert-OH is 1. The first kappa shape index (κ1) is 18.4. The molecule has 0 aliphatic rings. The number of amides is 1. The molecule has 0 fully saturated rings. The minimum atomic E-state index is -0.532. The predicted molar refractivity (Wildman–Crippen MR) is 83.4 cm³/mol. The molecular weight excluding hydrogens is 284 g/mol. The fourth-order valence-corrected chi connectivity index (χ4v) is 1.95. The Kier molecular flexibility index (Phi) is 6.80. The van der Waals surface area contributed by atoms with Gasteiger partial charge in [0.2, 0.25) is 0 Å². The van der Waals surface area contributed by atoms with Crippen LogP contribution in [-0.4, -0.2) is 44.7 Å². The molecule has 0 saturated carbocycles. The Labute approximate surface area is 132 Å². The lowest BCUT2D eigenvalue weighted by molar-refractivity contribution is 0.0512. The zero-order valence-electron chi connectivity index (χ0n) is 14.2. The maximum atomic E-state index is 11.6. The highest BCUT2D eigenvalue weighted by atomic mass is 16.6. The minimum Gasteiger partial charge on any atom is -0.444 e. The fraction of sp³-hybridized carbons (Fsp3) is 0.800. The van der Waals surface area contributed by atoms with E-state index < -0.39 is 11.7 Å². The second kappa shape index (κ2) is 8.12. The predicted octanol–water partition coefficient (Wildman–Crippen LogP) is 1.61. The van der Waals surface area contributed by atoms with Crippen molar-refractivity contribution in [1.29, 1.82) is 0 Å². The van der Waals surface area contributed by atoms with Crippen LogP contribution in [0.4, 0.5) is 4.79 Å². The molecule has 1 unspecified atom stereocenters. The van der Waals surface area contributed by atoms with Crippen LogP contribution in [0.25, 0.3) is 0 Å². The largest absolute Gasteiger partial charge is 0.444 e. The van der Waals surface area contributed by atoms with Crippen LogP contribution in [0.3, 0.4) is 0 Å². The molecule has 126 valence electrons. The van der Waals surface area contributed by atoms with Gasteiger partial charge in [-0.3, -0.25) is 0 Å². The molecule has 0 aliphatic heterocycles. The summed E-state index contributed by atoms with van der Waals surface area (Å²) in [4.78, 5) is 15.9. The summed E-state index contributed by atoms with van der Waals surface area (Å²) in [6.07, 6.45) is 1.60. The van der Waals surface area contributed by atoms with Gasteiger partial charge in [-0.2, -0.15) is 5.10 Å². The molecular formula is C15H28N4O3. The number of rotatable bonds is 7. The molecule has 1 aromatic rings. The molecule has 7 heteroatoms. The maximum absolute atomic E-state index is 11.6. The van der Waals surface area contributed by atoms with Gasteiger partial charge in [-0.05, 0) is 26.7 Å². The second-order valence-electron chi connectivity index (χ2n) is 6.89. The number of carbonyl (C=O) groups excluding carboxylic acids is 1. The number of hydrogen-bond donors (Lipinski definition) is 2. The average molecular weight is 312 g/mol. The van der Waals surface area contributed by atoms with Crippen LogP contribution in [0.1, 0.15) is 40.4 Å². The first-order valence-electron chi connectivity index (χ1n) is 7.65. The monoisotopic (exact) mass is 312 g/mol. The first-order chi connectivity index (χ1) is 10.2. The number of nitrogens with one attached hydrogen (secondary N) is 1. The Morgan fingerprint density at radius 2 is 2.14 bits per heavy atom. The lowest BCUT2D eigenvalue weighted by Gasteiger charge is -2.21. The summed E-state index contributed by atoms with van der Waals surface area (Å²) in [7, 11) is 0. The van der Waals surface area contributed by atoms with Crippen molar-refractivity contribution in [3.8, 4) is 0 Å². The fourth-order valence-electron chi connectivity index (χ4n) is 1.95. The Balaban J connectivity index is 2.52. The Bertz CT molecular complexity index is 466. The summed E-state index contributed by atoms with van der Waals surface area (Å²) in [5.74, 6) is 1.16. The van der Waals surface area contributed by atoms with Crippen LogP contribution in [-0.2, 0) is 17.7 Å². The van der Waals surface area contributed by atoms with E-state index in [1.807, 2.05) is 25.5 Å². The highest BCUT2D eigenvalue weighted by Crippen LogP contribution is 2.09. The Morgan fingerprint density at radius 3 is 2.68 bits per heavy atom. The van der Waals surface area contributed by atoms with E-state index in [1.54, 1.807) is 0 Å². The van der Waals surface area contributed by atoms with Crippen molar-refractivity contribution in [2.24, 2.45) is 11.8 Å². The zero-order chi connectivity index (χ0) is 16.8. The van der Waals surface area contributed by atoms with Gasteiger partial charge in [-0.25, -0.2) is 14.5 Å². The quantitative estimate of drug-likeness (QED) is 0.798. The molecule has 2 N–H and O–H groups in total. The molecule has 22 heavy (non-hydrogen) atoms. The summed E-state index contributed by atoms with van der Waals surface area (Å²) < 4.78 is 7.03. The third kappa shape index (κ3) is 6.89. The molecule has 7 nitrogen and oxygen atoms in total. The van der Waals surface area contributed by atoms with Gasteiger partial charge in [-0.1, -0.05) is 13.8 Å². The lowest BCUT2D eigenvalue weighted by atomic mass is 10.1. The molecule has 1 aromatic heterocycles. The number of carbonyl (C=O) groups is 1. The Morgan fingerprint density at radius 1 is 1.45 bits per heavy atom. The molecule has 0 radical (unpaired) electrons. The topological polar surface area (TPSA) is 89.3 Å². The summed E-state index contributed by atoms with van der Waals surface area (Å²) in [6, 6.07) is 0. The van der Waals surface area contributed by atoms with Crippen molar-refractivity contribution in [2.45, 2.75) is 53.2 Å². The second-order valence-corrected chi connectivity index (χ2v) is 6.89. The van der Waals surface area contributed by atoms with Crippen molar-refractivity contribution < 1.29 is 14.6 Å². The normalized spacial score (nSPS) is 13.2.